The Morgan fingerprint density at radius 2 is 1.78 bits per heavy atom. The van der Waals surface area contributed by atoms with Gasteiger partial charge in [-0.05, 0) is 12.1 Å². The fraction of sp³-hybridized carbons (Fsp3) is 0.0556. The number of aromatic nitrogens is 3. The summed E-state index contributed by atoms with van der Waals surface area (Å²) in [6.07, 6.45) is 1.52. The zero-order valence-corrected chi connectivity index (χ0v) is 12.2. The number of benzene rings is 2. The molecule has 0 saturated heterocycles. The van der Waals surface area contributed by atoms with Crippen molar-refractivity contribution >= 4 is 22.6 Å². The quantitative estimate of drug-likeness (QED) is 0.592. The van der Waals surface area contributed by atoms with E-state index in [-0.39, 0.29) is 17.8 Å². The van der Waals surface area contributed by atoms with E-state index in [1.165, 1.54) is 10.6 Å². The summed E-state index contributed by atoms with van der Waals surface area (Å²) in [5, 5.41) is 0. The molecule has 5 nitrogen and oxygen atoms in total. The van der Waals surface area contributed by atoms with Crippen LogP contribution in [0.25, 0.3) is 16.8 Å². The van der Waals surface area contributed by atoms with Crippen LogP contribution in [0.4, 0.5) is 0 Å². The maximum Gasteiger partial charge on any atom is 0.263 e. The Balaban J connectivity index is 1.82. The molecule has 0 bridgehead atoms. The summed E-state index contributed by atoms with van der Waals surface area (Å²) in [6, 6.07) is 16.5. The summed E-state index contributed by atoms with van der Waals surface area (Å²) in [7, 11) is 0. The van der Waals surface area contributed by atoms with Crippen molar-refractivity contribution in [3.63, 3.8) is 0 Å². The number of nitrogens with zero attached hydrogens (tertiary/aromatic N) is 2. The van der Waals surface area contributed by atoms with Crippen LogP contribution in [-0.4, -0.2) is 20.2 Å². The van der Waals surface area contributed by atoms with Gasteiger partial charge in [0.15, 0.2) is 5.78 Å². The third-order valence-electron chi connectivity index (χ3n) is 3.87. The molecular weight excluding hydrogens is 290 g/mol. The highest BCUT2D eigenvalue weighted by molar-refractivity contribution is 5.97. The second-order valence-electron chi connectivity index (χ2n) is 5.36. The molecule has 0 radical (unpaired) electrons. The Morgan fingerprint density at radius 3 is 2.61 bits per heavy atom. The molecule has 0 aliphatic rings. The number of carbonyl (C=O) groups excluding carboxylic acids is 1. The topological polar surface area (TPSA) is 67.2 Å². The van der Waals surface area contributed by atoms with Gasteiger partial charge in [0.05, 0.1) is 11.0 Å². The third-order valence-corrected chi connectivity index (χ3v) is 3.87. The molecular formula is C18H13N3O2. The van der Waals surface area contributed by atoms with Crippen LogP contribution in [0.5, 0.6) is 0 Å². The van der Waals surface area contributed by atoms with E-state index in [4.69, 9.17) is 0 Å². The van der Waals surface area contributed by atoms with E-state index in [1.54, 1.807) is 24.3 Å². The number of imidazole rings is 1. The van der Waals surface area contributed by atoms with Crippen molar-refractivity contribution in [2.24, 2.45) is 0 Å². The minimum atomic E-state index is -0.211. The largest absolute Gasteiger partial charge is 0.323 e. The predicted octanol–water partition coefficient (Wildman–Crippen LogP) is 2.60. The minimum Gasteiger partial charge on any atom is -0.323 e. The van der Waals surface area contributed by atoms with Gasteiger partial charge in [-0.3, -0.25) is 9.59 Å². The molecule has 112 valence electrons. The van der Waals surface area contributed by atoms with Gasteiger partial charge in [0.2, 0.25) is 5.78 Å². The van der Waals surface area contributed by atoms with E-state index in [9.17, 15) is 9.59 Å². The summed E-state index contributed by atoms with van der Waals surface area (Å²) in [5.74, 6) is 0.386. The van der Waals surface area contributed by atoms with Crippen LogP contribution in [0, 0.1) is 0 Å². The Kier molecular flexibility index (Phi) is 3.05. The van der Waals surface area contributed by atoms with E-state index < -0.39 is 0 Å². The second kappa shape index (κ2) is 5.21. The van der Waals surface area contributed by atoms with E-state index in [0.717, 1.165) is 11.0 Å². The number of para-hydroxylation sites is 2. The van der Waals surface area contributed by atoms with Crippen molar-refractivity contribution in [1.29, 1.82) is 0 Å². The van der Waals surface area contributed by atoms with Gasteiger partial charge in [0.1, 0.15) is 0 Å². The summed E-state index contributed by atoms with van der Waals surface area (Å²) in [6.45, 7) is 0. The number of aromatic amines is 1. The van der Waals surface area contributed by atoms with Gasteiger partial charge >= 0.3 is 0 Å². The molecule has 0 amide bonds. The average molecular weight is 303 g/mol. The first kappa shape index (κ1) is 13.5. The molecule has 0 spiro atoms. The van der Waals surface area contributed by atoms with Gasteiger partial charge in [0, 0.05) is 23.7 Å². The maximum absolute atomic E-state index is 12.7. The first-order valence-corrected chi connectivity index (χ1v) is 7.29. The van der Waals surface area contributed by atoms with Gasteiger partial charge in [-0.1, -0.05) is 42.5 Å². The summed E-state index contributed by atoms with van der Waals surface area (Å²) in [4.78, 5) is 32.4. The Labute approximate surface area is 131 Å². The molecule has 2 aromatic carbocycles. The normalized spacial score (nSPS) is 11.1. The number of rotatable bonds is 3. The van der Waals surface area contributed by atoms with Crippen LogP contribution in [0.3, 0.4) is 0 Å². The lowest BCUT2D eigenvalue weighted by Crippen LogP contribution is -2.21. The van der Waals surface area contributed by atoms with Crippen LogP contribution in [0.15, 0.2) is 65.6 Å². The lowest BCUT2D eigenvalue weighted by Gasteiger charge is -2.02. The number of carbonyl (C=O) groups is 1. The molecule has 0 saturated carbocycles. The third kappa shape index (κ3) is 2.23. The molecule has 4 rings (SSSR count). The van der Waals surface area contributed by atoms with Crippen molar-refractivity contribution in [3.05, 3.63) is 82.3 Å². The fourth-order valence-corrected chi connectivity index (χ4v) is 2.72. The Morgan fingerprint density at radius 1 is 1.04 bits per heavy atom. The van der Waals surface area contributed by atoms with Gasteiger partial charge in [-0.25, -0.2) is 9.38 Å². The highest BCUT2D eigenvalue weighted by Gasteiger charge is 2.14. The monoisotopic (exact) mass is 303 g/mol. The van der Waals surface area contributed by atoms with Crippen molar-refractivity contribution in [2.75, 3.05) is 0 Å². The number of fused-ring (bicyclic) bond motifs is 3. The zero-order chi connectivity index (χ0) is 15.8. The molecule has 23 heavy (non-hydrogen) atoms. The predicted molar refractivity (Wildman–Crippen MR) is 87.8 cm³/mol. The van der Waals surface area contributed by atoms with Gasteiger partial charge < -0.3 is 4.98 Å². The Hall–Kier alpha value is -3.21. The van der Waals surface area contributed by atoms with Gasteiger partial charge in [-0.15, -0.1) is 0 Å². The van der Waals surface area contributed by atoms with Crippen molar-refractivity contribution < 1.29 is 4.79 Å². The van der Waals surface area contributed by atoms with Crippen LogP contribution in [0.2, 0.25) is 0 Å². The van der Waals surface area contributed by atoms with Gasteiger partial charge in [-0.2, -0.15) is 0 Å². The number of hydrogen-bond acceptors (Lipinski definition) is 3. The Bertz CT molecular complexity index is 1080. The lowest BCUT2D eigenvalue weighted by atomic mass is 10.1. The highest BCUT2D eigenvalue weighted by Crippen LogP contribution is 2.13. The summed E-state index contributed by atoms with van der Waals surface area (Å²) >= 11 is 0. The molecule has 0 aliphatic carbocycles. The molecule has 0 unspecified atom stereocenters. The maximum atomic E-state index is 12.7. The van der Waals surface area contributed by atoms with Crippen LogP contribution < -0.4 is 5.56 Å². The smallest absolute Gasteiger partial charge is 0.263 e. The van der Waals surface area contributed by atoms with Crippen molar-refractivity contribution in [1.82, 2.24) is 14.4 Å². The van der Waals surface area contributed by atoms with Crippen LogP contribution in [-0.2, 0) is 6.42 Å². The van der Waals surface area contributed by atoms with E-state index in [1.807, 2.05) is 30.3 Å². The zero-order valence-electron chi connectivity index (χ0n) is 12.2. The van der Waals surface area contributed by atoms with E-state index in [2.05, 4.69) is 9.97 Å². The average Bonchev–Trinajstić information content (AvgIpc) is 2.97. The van der Waals surface area contributed by atoms with Crippen LogP contribution in [0.1, 0.15) is 15.9 Å². The molecule has 0 aliphatic heterocycles. The van der Waals surface area contributed by atoms with Crippen molar-refractivity contribution in [3.8, 4) is 0 Å². The number of nitrogens with one attached hydrogen (secondary N) is 1. The second-order valence-corrected chi connectivity index (χ2v) is 5.36. The molecule has 2 aromatic heterocycles. The standard InChI is InChI=1S/C18H13N3O2/c22-16(12-6-2-1-3-7-12)10-13-11-19-18-20-14-8-4-5-9-15(14)21(18)17(13)23/h1-9,11H,10H2,(H,19,20). The van der Waals surface area contributed by atoms with E-state index >= 15 is 0 Å². The molecule has 0 atom stereocenters. The summed E-state index contributed by atoms with van der Waals surface area (Å²) < 4.78 is 1.52. The highest BCUT2D eigenvalue weighted by atomic mass is 16.1. The first-order valence-electron chi connectivity index (χ1n) is 7.29. The summed E-state index contributed by atoms with van der Waals surface area (Å²) in [5.41, 5.74) is 2.37. The minimum absolute atomic E-state index is 0.0400. The molecule has 2 heterocycles. The molecule has 4 aromatic rings. The van der Waals surface area contributed by atoms with Crippen molar-refractivity contribution in [2.45, 2.75) is 6.42 Å². The number of ketones is 1. The number of H-pyrrole nitrogens is 1. The number of hydrogen-bond donors (Lipinski definition) is 1. The first-order chi connectivity index (χ1) is 11.2. The fourth-order valence-electron chi connectivity index (χ4n) is 2.72. The SMILES string of the molecule is O=C(Cc1cnc2[nH]c3ccccc3n2c1=O)c1ccccc1. The lowest BCUT2D eigenvalue weighted by molar-refractivity contribution is 0.0992. The molecule has 0 fully saturated rings. The van der Waals surface area contributed by atoms with E-state index in [0.29, 0.717) is 16.9 Å². The molecule has 5 heteroatoms. The van der Waals surface area contributed by atoms with Gasteiger partial charge in [0.25, 0.3) is 5.56 Å². The molecule has 1 N–H and O–H groups in total. The number of Topliss-reactive ketones (excluding diaryl/α,β-unsaturated/α-hetero) is 1. The van der Waals surface area contributed by atoms with Crippen LogP contribution >= 0.6 is 0 Å².